The minimum atomic E-state index is 0.154. The van der Waals surface area contributed by atoms with E-state index in [0.717, 1.165) is 28.9 Å². The predicted octanol–water partition coefficient (Wildman–Crippen LogP) is 3.02. The molecule has 2 aromatic rings. The van der Waals surface area contributed by atoms with Gasteiger partial charge in [0.15, 0.2) is 0 Å². The summed E-state index contributed by atoms with van der Waals surface area (Å²) in [6.07, 6.45) is 7.80. The quantitative estimate of drug-likeness (QED) is 0.860. The van der Waals surface area contributed by atoms with E-state index >= 15 is 0 Å². The summed E-state index contributed by atoms with van der Waals surface area (Å²) in [5.41, 5.74) is 2.68. The molecule has 1 amide bonds. The molecule has 1 aromatic heterocycles. The minimum absolute atomic E-state index is 0.154. The Morgan fingerprint density at radius 1 is 1.30 bits per heavy atom. The van der Waals surface area contributed by atoms with Crippen LogP contribution < -0.4 is 5.32 Å². The summed E-state index contributed by atoms with van der Waals surface area (Å²) in [4.78, 5) is 15.4. The van der Waals surface area contributed by atoms with Gasteiger partial charge in [0.1, 0.15) is 0 Å². The van der Waals surface area contributed by atoms with E-state index in [1.165, 1.54) is 25.7 Å². The van der Waals surface area contributed by atoms with Gasteiger partial charge in [-0.3, -0.25) is 4.79 Å². The number of carbonyl (C=O) groups excluding carboxylic acids is 1. The molecule has 1 aromatic carbocycles. The van der Waals surface area contributed by atoms with Gasteiger partial charge in [0.05, 0.1) is 6.42 Å². The first kappa shape index (κ1) is 12.0. The first-order valence-electron chi connectivity index (χ1n) is 7.59. The number of amides is 1. The average molecular weight is 268 g/mol. The molecule has 2 N–H and O–H groups in total. The first-order chi connectivity index (χ1) is 9.77. The van der Waals surface area contributed by atoms with Crippen LogP contribution in [-0.2, 0) is 11.2 Å². The Hall–Kier alpha value is -1.77. The molecule has 0 atom stereocenters. The Kier molecular flexibility index (Phi) is 2.62. The van der Waals surface area contributed by atoms with Gasteiger partial charge >= 0.3 is 0 Å². The van der Waals surface area contributed by atoms with Crippen LogP contribution in [0.5, 0.6) is 0 Å². The van der Waals surface area contributed by atoms with Gasteiger partial charge in [-0.25, -0.2) is 0 Å². The molecule has 2 aliphatic rings. The highest BCUT2D eigenvalue weighted by Crippen LogP contribution is 2.60. The molecule has 104 valence electrons. The number of benzene rings is 1. The second-order valence-corrected chi connectivity index (χ2v) is 6.45. The fraction of sp³-hybridized carbons (Fsp3) is 0.471. The van der Waals surface area contributed by atoms with Crippen LogP contribution in [0.1, 0.15) is 31.2 Å². The molecule has 2 aliphatic carbocycles. The molecule has 0 aliphatic heterocycles. The van der Waals surface area contributed by atoms with Crippen molar-refractivity contribution in [1.82, 2.24) is 10.3 Å². The second kappa shape index (κ2) is 4.37. The van der Waals surface area contributed by atoms with Gasteiger partial charge in [0.2, 0.25) is 5.91 Å². The Labute approximate surface area is 118 Å². The summed E-state index contributed by atoms with van der Waals surface area (Å²) >= 11 is 0. The SMILES string of the molecule is O=C(Cc1c[nH]c2ccccc12)NCC1(C2CC2)CC1. The number of rotatable bonds is 5. The highest BCUT2D eigenvalue weighted by atomic mass is 16.1. The van der Waals surface area contributed by atoms with Crippen molar-refractivity contribution in [2.24, 2.45) is 11.3 Å². The summed E-state index contributed by atoms with van der Waals surface area (Å²) in [6, 6.07) is 8.14. The molecule has 2 saturated carbocycles. The van der Waals surface area contributed by atoms with Gasteiger partial charge < -0.3 is 10.3 Å². The van der Waals surface area contributed by atoms with Crippen LogP contribution in [0, 0.1) is 11.3 Å². The number of hydrogen-bond donors (Lipinski definition) is 2. The second-order valence-electron chi connectivity index (χ2n) is 6.45. The van der Waals surface area contributed by atoms with Crippen molar-refractivity contribution in [1.29, 1.82) is 0 Å². The third-order valence-corrected chi connectivity index (χ3v) is 5.00. The third-order valence-electron chi connectivity index (χ3n) is 5.00. The molecule has 0 unspecified atom stereocenters. The van der Waals surface area contributed by atoms with Crippen molar-refractivity contribution in [3.05, 3.63) is 36.0 Å². The molecule has 1 heterocycles. The summed E-state index contributed by atoms with van der Waals surface area (Å²) in [5.74, 6) is 1.05. The van der Waals surface area contributed by atoms with E-state index in [0.29, 0.717) is 11.8 Å². The largest absolute Gasteiger partial charge is 0.361 e. The fourth-order valence-corrected chi connectivity index (χ4v) is 3.37. The van der Waals surface area contributed by atoms with Crippen molar-refractivity contribution < 1.29 is 4.79 Å². The van der Waals surface area contributed by atoms with Crippen LogP contribution in [0.4, 0.5) is 0 Å². The molecular formula is C17H20N2O. The molecule has 0 radical (unpaired) electrons. The molecule has 4 rings (SSSR count). The van der Waals surface area contributed by atoms with Crippen molar-refractivity contribution in [2.75, 3.05) is 6.54 Å². The Bertz CT molecular complexity index is 650. The first-order valence-corrected chi connectivity index (χ1v) is 7.59. The van der Waals surface area contributed by atoms with Crippen molar-refractivity contribution in [3.63, 3.8) is 0 Å². The molecule has 2 fully saturated rings. The number of fused-ring (bicyclic) bond motifs is 1. The maximum Gasteiger partial charge on any atom is 0.224 e. The highest BCUT2D eigenvalue weighted by molar-refractivity contribution is 5.88. The van der Waals surface area contributed by atoms with Gasteiger partial charge in [-0.2, -0.15) is 0 Å². The van der Waals surface area contributed by atoms with Crippen LogP contribution >= 0.6 is 0 Å². The Morgan fingerprint density at radius 3 is 2.85 bits per heavy atom. The van der Waals surface area contributed by atoms with E-state index in [1.807, 2.05) is 24.4 Å². The summed E-state index contributed by atoms with van der Waals surface area (Å²) < 4.78 is 0. The lowest BCUT2D eigenvalue weighted by molar-refractivity contribution is -0.120. The maximum absolute atomic E-state index is 12.1. The molecule has 20 heavy (non-hydrogen) atoms. The van der Waals surface area contributed by atoms with E-state index in [-0.39, 0.29) is 5.91 Å². The monoisotopic (exact) mass is 268 g/mol. The highest BCUT2D eigenvalue weighted by Gasteiger charge is 2.53. The lowest BCUT2D eigenvalue weighted by Gasteiger charge is -2.14. The van der Waals surface area contributed by atoms with E-state index in [2.05, 4.69) is 16.4 Å². The number of H-pyrrole nitrogens is 1. The third kappa shape index (κ3) is 2.11. The summed E-state index contributed by atoms with van der Waals surface area (Å²) in [5, 5.41) is 4.32. The normalized spacial score (nSPS) is 20.0. The van der Waals surface area contributed by atoms with E-state index in [9.17, 15) is 4.79 Å². The number of para-hydroxylation sites is 1. The molecule has 0 spiro atoms. The van der Waals surface area contributed by atoms with Crippen molar-refractivity contribution >= 4 is 16.8 Å². The van der Waals surface area contributed by atoms with Crippen LogP contribution in [0.3, 0.4) is 0 Å². The van der Waals surface area contributed by atoms with E-state index < -0.39 is 0 Å². The van der Waals surface area contributed by atoms with Crippen LogP contribution in [0.15, 0.2) is 30.5 Å². The van der Waals surface area contributed by atoms with Crippen LogP contribution in [0.25, 0.3) is 10.9 Å². The van der Waals surface area contributed by atoms with Gasteiger partial charge in [-0.15, -0.1) is 0 Å². The zero-order chi connectivity index (χ0) is 13.6. The molecule has 3 heteroatoms. The maximum atomic E-state index is 12.1. The van der Waals surface area contributed by atoms with Crippen molar-refractivity contribution in [2.45, 2.75) is 32.1 Å². The lowest BCUT2D eigenvalue weighted by Crippen LogP contribution is -2.32. The molecule has 0 bridgehead atoms. The number of aromatic nitrogens is 1. The minimum Gasteiger partial charge on any atom is -0.361 e. The van der Waals surface area contributed by atoms with Crippen LogP contribution in [-0.4, -0.2) is 17.4 Å². The average Bonchev–Trinajstić information content (AvgIpc) is 3.35. The lowest BCUT2D eigenvalue weighted by atomic mass is 10.0. The van der Waals surface area contributed by atoms with E-state index in [1.54, 1.807) is 0 Å². The number of aromatic amines is 1. The fourth-order valence-electron chi connectivity index (χ4n) is 3.37. The van der Waals surface area contributed by atoms with Crippen LogP contribution in [0.2, 0.25) is 0 Å². The smallest absolute Gasteiger partial charge is 0.224 e. The van der Waals surface area contributed by atoms with Gasteiger partial charge in [0.25, 0.3) is 0 Å². The Morgan fingerprint density at radius 2 is 2.10 bits per heavy atom. The van der Waals surface area contributed by atoms with Gasteiger partial charge in [-0.05, 0) is 48.6 Å². The molecule has 0 saturated heterocycles. The van der Waals surface area contributed by atoms with Gasteiger partial charge in [-0.1, -0.05) is 18.2 Å². The molecular weight excluding hydrogens is 248 g/mol. The molecule has 3 nitrogen and oxygen atoms in total. The topological polar surface area (TPSA) is 44.9 Å². The summed E-state index contributed by atoms with van der Waals surface area (Å²) in [7, 11) is 0. The van der Waals surface area contributed by atoms with Gasteiger partial charge in [0, 0.05) is 23.6 Å². The number of carbonyl (C=O) groups is 1. The standard InChI is InChI=1S/C17H20N2O/c20-16(19-11-17(7-8-17)13-5-6-13)9-12-10-18-15-4-2-1-3-14(12)15/h1-4,10,13,18H,5-9,11H2,(H,19,20). The van der Waals surface area contributed by atoms with E-state index in [4.69, 9.17) is 0 Å². The number of nitrogens with one attached hydrogen (secondary N) is 2. The van der Waals surface area contributed by atoms with Crippen molar-refractivity contribution in [3.8, 4) is 0 Å². The zero-order valence-corrected chi connectivity index (χ0v) is 11.6. The predicted molar refractivity (Wildman–Crippen MR) is 79.4 cm³/mol. The zero-order valence-electron chi connectivity index (χ0n) is 11.6. The number of hydrogen-bond acceptors (Lipinski definition) is 1. The summed E-state index contributed by atoms with van der Waals surface area (Å²) in [6.45, 7) is 0.888. The Balaban J connectivity index is 1.40.